The molecule has 114 valence electrons. The molecule has 0 bridgehead atoms. The molecule has 21 heavy (non-hydrogen) atoms. The maximum absolute atomic E-state index is 5.77. The fraction of sp³-hybridized carbons (Fsp3) is 0.471. The van der Waals surface area contributed by atoms with Gasteiger partial charge in [0.15, 0.2) is 5.13 Å². The van der Waals surface area contributed by atoms with Gasteiger partial charge in [-0.1, -0.05) is 32.6 Å². The van der Waals surface area contributed by atoms with E-state index in [4.69, 9.17) is 10.5 Å². The summed E-state index contributed by atoms with van der Waals surface area (Å²) < 4.78 is 5.77. The summed E-state index contributed by atoms with van der Waals surface area (Å²) in [5.74, 6) is 0.926. The van der Waals surface area contributed by atoms with Gasteiger partial charge < -0.3 is 10.5 Å². The van der Waals surface area contributed by atoms with Crippen molar-refractivity contribution in [2.45, 2.75) is 46.0 Å². The maximum atomic E-state index is 5.77. The first-order valence-electron chi connectivity index (χ1n) is 7.67. The van der Waals surface area contributed by atoms with Crippen molar-refractivity contribution in [1.29, 1.82) is 0 Å². The highest BCUT2D eigenvalue weighted by Gasteiger charge is 2.07. The van der Waals surface area contributed by atoms with E-state index in [0.29, 0.717) is 5.13 Å². The smallest absolute Gasteiger partial charge is 0.180 e. The van der Waals surface area contributed by atoms with Crippen molar-refractivity contribution < 1.29 is 4.74 Å². The first-order valence-corrected chi connectivity index (χ1v) is 8.48. The number of rotatable bonds is 8. The Morgan fingerprint density at radius 1 is 1.10 bits per heavy atom. The summed E-state index contributed by atoms with van der Waals surface area (Å²) in [6.45, 7) is 5.07. The van der Waals surface area contributed by atoms with Crippen LogP contribution in [-0.2, 0) is 0 Å². The normalized spacial score (nSPS) is 10.8. The molecule has 1 aromatic carbocycles. The van der Waals surface area contributed by atoms with Crippen LogP contribution in [0.15, 0.2) is 24.3 Å². The predicted molar refractivity (Wildman–Crippen MR) is 91.0 cm³/mol. The Hall–Kier alpha value is -1.55. The van der Waals surface area contributed by atoms with E-state index in [-0.39, 0.29) is 0 Å². The van der Waals surface area contributed by atoms with E-state index in [1.165, 1.54) is 37.0 Å². The second-order valence-corrected chi connectivity index (χ2v) is 6.48. The summed E-state index contributed by atoms with van der Waals surface area (Å²) in [5.41, 5.74) is 7.81. The Morgan fingerprint density at radius 3 is 2.43 bits per heavy atom. The average Bonchev–Trinajstić information content (AvgIpc) is 2.82. The molecule has 0 unspecified atom stereocenters. The van der Waals surface area contributed by atoms with Gasteiger partial charge in [-0.05, 0) is 37.6 Å². The number of ether oxygens (including phenoxy) is 1. The fourth-order valence-corrected chi connectivity index (χ4v) is 3.00. The van der Waals surface area contributed by atoms with Crippen LogP contribution in [-0.4, -0.2) is 11.6 Å². The maximum Gasteiger partial charge on any atom is 0.180 e. The summed E-state index contributed by atoms with van der Waals surface area (Å²) >= 11 is 1.53. The summed E-state index contributed by atoms with van der Waals surface area (Å²) in [5, 5.41) is 0.620. The number of hydrogen-bond donors (Lipinski definition) is 1. The molecule has 0 saturated carbocycles. The van der Waals surface area contributed by atoms with Gasteiger partial charge in [0.05, 0.1) is 12.3 Å². The summed E-state index contributed by atoms with van der Waals surface area (Å²) in [7, 11) is 0. The highest BCUT2D eigenvalue weighted by atomic mass is 32.1. The topological polar surface area (TPSA) is 48.1 Å². The van der Waals surface area contributed by atoms with Crippen LogP contribution in [0, 0.1) is 6.92 Å². The largest absolute Gasteiger partial charge is 0.494 e. The summed E-state index contributed by atoms with van der Waals surface area (Å²) in [6, 6.07) is 8.12. The summed E-state index contributed by atoms with van der Waals surface area (Å²) in [4.78, 5) is 5.52. The standard InChI is InChI=1S/C17H24N2OS/c1-3-4-5-6-7-12-20-15-10-8-14(9-11-15)16-13(2)21-17(18)19-16/h8-11H,3-7,12H2,1-2H3,(H2,18,19). The molecule has 0 spiro atoms. The fourth-order valence-electron chi connectivity index (χ4n) is 2.29. The number of nitrogen functional groups attached to an aromatic ring is 1. The van der Waals surface area contributed by atoms with Crippen LogP contribution < -0.4 is 10.5 Å². The van der Waals surface area contributed by atoms with Crippen LogP contribution in [0.5, 0.6) is 5.75 Å². The quantitative estimate of drug-likeness (QED) is 0.694. The van der Waals surface area contributed by atoms with Crippen molar-refractivity contribution in [3.05, 3.63) is 29.1 Å². The molecule has 2 aromatic rings. The van der Waals surface area contributed by atoms with Crippen molar-refractivity contribution in [2.75, 3.05) is 12.3 Å². The molecule has 0 saturated heterocycles. The van der Waals surface area contributed by atoms with E-state index >= 15 is 0 Å². The zero-order valence-corrected chi connectivity index (χ0v) is 13.7. The number of unbranched alkanes of at least 4 members (excludes halogenated alkanes) is 4. The number of thiazole rings is 1. The van der Waals surface area contributed by atoms with Crippen LogP contribution in [0.25, 0.3) is 11.3 Å². The molecule has 3 nitrogen and oxygen atoms in total. The van der Waals surface area contributed by atoms with Crippen LogP contribution in [0.4, 0.5) is 5.13 Å². The molecule has 2 rings (SSSR count). The summed E-state index contributed by atoms with van der Waals surface area (Å²) in [6.07, 6.45) is 6.30. The number of hydrogen-bond acceptors (Lipinski definition) is 4. The van der Waals surface area contributed by atoms with Gasteiger partial charge in [0.2, 0.25) is 0 Å². The second kappa shape index (κ2) is 8.03. The number of aromatic nitrogens is 1. The molecule has 1 heterocycles. The molecule has 0 aliphatic heterocycles. The number of nitrogens with zero attached hydrogens (tertiary/aromatic N) is 1. The zero-order chi connectivity index (χ0) is 15.1. The van der Waals surface area contributed by atoms with Crippen molar-refractivity contribution >= 4 is 16.5 Å². The molecule has 0 fully saturated rings. The molecule has 0 atom stereocenters. The number of aryl methyl sites for hydroxylation is 1. The molecule has 1 aromatic heterocycles. The van der Waals surface area contributed by atoms with E-state index < -0.39 is 0 Å². The lowest BCUT2D eigenvalue weighted by Crippen LogP contribution is -1.97. The van der Waals surface area contributed by atoms with Crippen LogP contribution in [0.1, 0.15) is 43.9 Å². The van der Waals surface area contributed by atoms with Gasteiger partial charge in [0.25, 0.3) is 0 Å². The monoisotopic (exact) mass is 304 g/mol. The Labute approximate surface area is 131 Å². The zero-order valence-electron chi connectivity index (χ0n) is 12.9. The molecule has 0 amide bonds. The third-order valence-electron chi connectivity index (χ3n) is 3.46. The van der Waals surface area contributed by atoms with Gasteiger partial charge >= 0.3 is 0 Å². The Bertz CT molecular complexity index is 548. The van der Waals surface area contributed by atoms with Crippen LogP contribution >= 0.6 is 11.3 Å². The van der Waals surface area contributed by atoms with Gasteiger partial charge in [-0.25, -0.2) is 4.98 Å². The minimum atomic E-state index is 0.620. The number of benzene rings is 1. The average molecular weight is 304 g/mol. The van der Waals surface area contributed by atoms with Crippen LogP contribution in [0.2, 0.25) is 0 Å². The minimum absolute atomic E-state index is 0.620. The third-order valence-corrected chi connectivity index (χ3v) is 4.26. The SMILES string of the molecule is CCCCCCCOc1ccc(-c2nc(N)sc2C)cc1. The van der Waals surface area contributed by atoms with E-state index in [0.717, 1.165) is 34.9 Å². The Morgan fingerprint density at radius 2 is 1.81 bits per heavy atom. The van der Waals surface area contributed by atoms with Gasteiger partial charge in [0.1, 0.15) is 5.75 Å². The molecule has 0 aliphatic rings. The van der Waals surface area contributed by atoms with Crippen LogP contribution in [0.3, 0.4) is 0 Å². The number of nitrogens with two attached hydrogens (primary N) is 1. The number of anilines is 1. The lowest BCUT2D eigenvalue weighted by atomic mass is 10.1. The third kappa shape index (κ3) is 4.74. The van der Waals surface area contributed by atoms with E-state index in [9.17, 15) is 0 Å². The van der Waals surface area contributed by atoms with E-state index in [2.05, 4.69) is 11.9 Å². The van der Waals surface area contributed by atoms with Gasteiger partial charge in [-0.15, -0.1) is 11.3 Å². The molecule has 0 radical (unpaired) electrons. The van der Waals surface area contributed by atoms with E-state index in [1.54, 1.807) is 0 Å². The first-order chi connectivity index (χ1) is 10.2. The highest BCUT2D eigenvalue weighted by Crippen LogP contribution is 2.29. The lowest BCUT2D eigenvalue weighted by Gasteiger charge is -2.07. The van der Waals surface area contributed by atoms with Crippen molar-refractivity contribution in [3.63, 3.8) is 0 Å². The lowest BCUT2D eigenvalue weighted by molar-refractivity contribution is 0.304. The molecule has 2 N–H and O–H groups in total. The Balaban J connectivity index is 1.83. The molecule has 0 aliphatic carbocycles. The van der Waals surface area contributed by atoms with Crippen molar-refractivity contribution in [3.8, 4) is 17.0 Å². The minimum Gasteiger partial charge on any atom is -0.494 e. The second-order valence-electron chi connectivity index (χ2n) is 5.24. The van der Waals surface area contributed by atoms with Gasteiger partial charge in [-0.2, -0.15) is 0 Å². The first kappa shape index (κ1) is 15.8. The van der Waals surface area contributed by atoms with Crippen molar-refractivity contribution in [2.24, 2.45) is 0 Å². The van der Waals surface area contributed by atoms with Gasteiger partial charge in [-0.3, -0.25) is 0 Å². The van der Waals surface area contributed by atoms with Gasteiger partial charge in [0, 0.05) is 10.4 Å². The van der Waals surface area contributed by atoms with E-state index in [1.807, 2.05) is 31.2 Å². The molecular weight excluding hydrogens is 280 g/mol. The van der Waals surface area contributed by atoms with Crippen molar-refractivity contribution in [1.82, 2.24) is 4.98 Å². The molecule has 4 heteroatoms. The Kier molecular flexibility index (Phi) is 6.05. The molecular formula is C17H24N2OS. The highest BCUT2D eigenvalue weighted by molar-refractivity contribution is 7.15. The predicted octanol–water partition coefficient (Wildman–Crippen LogP) is 5.05.